The number of hydrogen-bond donors (Lipinski definition) is 1. The molecule has 116 valence electrons. The number of likely N-dealkylation sites (N-methyl/N-ethyl adjacent to an activating group) is 2. The molecule has 5 nitrogen and oxygen atoms in total. The molecule has 0 heterocycles. The van der Waals surface area contributed by atoms with Gasteiger partial charge in [-0.15, -0.1) is 0 Å². The van der Waals surface area contributed by atoms with Gasteiger partial charge >= 0.3 is 0 Å². The molecule has 6 heteroatoms. The highest BCUT2D eigenvalue weighted by atomic mass is 32.2. The third-order valence-electron chi connectivity index (χ3n) is 3.46. The van der Waals surface area contributed by atoms with E-state index in [9.17, 15) is 8.42 Å². The predicted octanol–water partition coefficient (Wildman–Crippen LogP) is 1.46. The summed E-state index contributed by atoms with van der Waals surface area (Å²) in [5.74, 6) is -0.141. The first kappa shape index (κ1) is 18.8. The largest absolute Gasteiger partial charge is 0.327 e. The molecular formula is C13H31N2O3S+. The highest BCUT2D eigenvalue weighted by Gasteiger charge is 2.16. The molecule has 0 saturated heterocycles. The highest BCUT2D eigenvalue weighted by molar-refractivity contribution is 7.85. The molecule has 0 atom stereocenters. The van der Waals surface area contributed by atoms with Crippen molar-refractivity contribution in [1.29, 1.82) is 0 Å². The molecule has 0 aromatic carbocycles. The second-order valence-corrected chi connectivity index (χ2v) is 7.38. The number of hydrogen-bond acceptors (Lipinski definition) is 3. The third kappa shape index (κ3) is 11.4. The van der Waals surface area contributed by atoms with Gasteiger partial charge in [-0.2, -0.15) is 8.42 Å². The van der Waals surface area contributed by atoms with Gasteiger partial charge in [0.2, 0.25) is 0 Å². The van der Waals surface area contributed by atoms with Crippen molar-refractivity contribution in [3.8, 4) is 0 Å². The molecule has 0 fully saturated rings. The van der Waals surface area contributed by atoms with Gasteiger partial charge in [0.1, 0.15) is 0 Å². The van der Waals surface area contributed by atoms with E-state index in [1.54, 1.807) is 0 Å². The fourth-order valence-corrected chi connectivity index (χ4v) is 2.50. The molecule has 0 aliphatic carbocycles. The minimum atomic E-state index is -3.81. The number of rotatable bonds is 11. The normalized spacial score (nSPS) is 13.2. The smallest absolute Gasteiger partial charge is 0.264 e. The molecule has 0 aromatic heterocycles. The Labute approximate surface area is 118 Å². The van der Waals surface area contributed by atoms with Crippen LogP contribution in [0.25, 0.3) is 0 Å². The summed E-state index contributed by atoms with van der Waals surface area (Å²) in [4.78, 5) is 2.25. The maximum Gasteiger partial charge on any atom is 0.264 e. The lowest BCUT2D eigenvalue weighted by Gasteiger charge is -2.32. The van der Waals surface area contributed by atoms with E-state index in [2.05, 4.69) is 32.8 Å². The fraction of sp³-hybridized carbons (Fsp3) is 1.00. The van der Waals surface area contributed by atoms with E-state index in [-0.39, 0.29) is 5.75 Å². The Morgan fingerprint density at radius 3 is 2.16 bits per heavy atom. The summed E-state index contributed by atoms with van der Waals surface area (Å²) in [7, 11) is 0.662. The van der Waals surface area contributed by atoms with Crippen molar-refractivity contribution < 1.29 is 17.5 Å². The van der Waals surface area contributed by atoms with Crippen LogP contribution in [0.3, 0.4) is 0 Å². The molecule has 0 aromatic rings. The quantitative estimate of drug-likeness (QED) is 0.463. The molecule has 0 rings (SSSR count). The average molecular weight is 295 g/mol. The van der Waals surface area contributed by atoms with Crippen molar-refractivity contribution in [1.82, 2.24) is 4.90 Å². The molecule has 0 spiro atoms. The molecule has 0 unspecified atom stereocenters. The zero-order valence-electron chi connectivity index (χ0n) is 12.9. The van der Waals surface area contributed by atoms with Crippen LogP contribution >= 0.6 is 0 Å². The van der Waals surface area contributed by atoms with Crippen molar-refractivity contribution in [2.45, 2.75) is 33.1 Å². The van der Waals surface area contributed by atoms with Gasteiger partial charge in [-0.25, -0.2) is 0 Å². The average Bonchev–Trinajstić information content (AvgIpc) is 2.29. The van der Waals surface area contributed by atoms with Crippen molar-refractivity contribution in [3.63, 3.8) is 0 Å². The van der Waals surface area contributed by atoms with E-state index in [1.807, 2.05) is 0 Å². The molecule has 0 aliphatic heterocycles. The van der Waals surface area contributed by atoms with E-state index < -0.39 is 10.1 Å². The van der Waals surface area contributed by atoms with Crippen LogP contribution in [0.1, 0.15) is 33.1 Å². The number of quaternary nitrogens is 1. The van der Waals surface area contributed by atoms with Gasteiger partial charge in [0.25, 0.3) is 10.1 Å². The SMILES string of the molecule is CCCC[N+](C)(C)CCN(CC)CCCS(=O)(=O)O. The van der Waals surface area contributed by atoms with E-state index in [4.69, 9.17) is 4.55 Å². The van der Waals surface area contributed by atoms with Crippen LogP contribution in [0, 0.1) is 0 Å². The molecule has 0 saturated carbocycles. The Hall–Kier alpha value is -0.170. The van der Waals surface area contributed by atoms with Gasteiger partial charge in [0.05, 0.1) is 32.9 Å². The minimum Gasteiger partial charge on any atom is -0.327 e. The van der Waals surface area contributed by atoms with Gasteiger partial charge in [-0.1, -0.05) is 20.3 Å². The van der Waals surface area contributed by atoms with E-state index in [0.29, 0.717) is 6.42 Å². The molecule has 0 radical (unpaired) electrons. The second-order valence-electron chi connectivity index (χ2n) is 5.81. The van der Waals surface area contributed by atoms with Gasteiger partial charge in [0.15, 0.2) is 0 Å². The topological polar surface area (TPSA) is 57.6 Å². The molecular weight excluding hydrogens is 264 g/mol. The van der Waals surface area contributed by atoms with Crippen LogP contribution in [0.2, 0.25) is 0 Å². The van der Waals surface area contributed by atoms with Crippen molar-refractivity contribution in [2.75, 3.05) is 52.6 Å². The Morgan fingerprint density at radius 2 is 1.68 bits per heavy atom. The summed E-state index contributed by atoms with van der Waals surface area (Å²) in [5.41, 5.74) is 0. The zero-order valence-corrected chi connectivity index (χ0v) is 13.7. The standard InChI is InChI=1S/C13H30N2O3S/c1-5-7-11-15(3,4)12-10-14(6-2)9-8-13-19(16,17)18/h5-13H2,1-4H3/p+1. The Kier molecular flexibility index (Phi) is 8.81. The van der Waals surface area contributed by atoms with Crippen molar-refractivity contribution in [3.05, 3.63) is 0 Å². The minimum absolute atomic E-state index is 0.141. The molecule has 0 amide bonds. The van der Waals surface area contributed by atoms with Crippen LogP contribution in [-0.2, 0) is 10.1 Å². The monoisotopic (exact) mass is 295 g/mol. The van der Waals surface area contributed by atoms with Crippen LogP contribution in [-0.4, -0.2) is 74.9 Å². The lowest BCUT2D eigenvalue weighted by Crippen LogP contribution is -2.46. The fourth-order valence-electron chi connectivity index (χ4n) is 2.01. The van der Waals surface area contributed by atoms with Crippen LogP contribution < -0.4 is 0 Å². The lowest BCUT2D eigenvalue weighted by atomic mass is 10.3. The van der Waals surface area contributed by atoms with Gasteiger partial charge in [-0.3, -0.25) is 9.45 Å². The van der Waals surface area contributed by atoms with Gasteiger partial charge in [-0.05, 0) is 25.9 Å². The summed E-state index contributed by atoms with van der Waals surface area (Å²) in [6, 6.07) is 0. The third-order valence-corrected chi connectivity index (χ3v) is 4.27. The van der Waals surface area contributed by atoms with Gasteiger partial charge in [0, 0.05) is 6.54 Å². The lowest BCUT2D eigenvalue weighted by molar-refractivity contribution is -0.890. The summed E-state index contributed by atoms with van der Waals surface area (Å²) < 4.78 is 31.1. The maximum absolute atomic E-state index is 10.7. The summed E-state index contributed by atoms with van der Waals surface area (Å²) in [6.07, 6.45) is 2.95. The van der Waals surface area contributed by atoms with Crippen molar-refractivity contribution >= 4 is 10.1 Å². The first-order valence-corrected chi connectivity index (χ1v) is 8.80. The predicted molar refractivity (Wildman–Crippen MR) is 79.9 cm³/mol. The number of nitrogens with zero attached hydrogens (tertiary/aromatic N) is 2. The van der Waals surface area contributed by atoms with E-state index in [0.717, 1.165) is 30.7 Å². The molecule has 0 aliphatic rings. The van der Waals surface area contributed by atoms with Gasteiger partial charge < -0.3 is 4.48 Å². The zero-order chi connectivity index (χ0) is 14.9. The molecule has 19 heavy (non-hydrogen) atoms. The Balaban J connectivity index is 3.99. The first-order valence-electron chi connectivity index (χ1n) is 7.19. The maximum atomic E-state index is 10.7. The van der Waals surface area contributed by atoms with E-state index in [1.165, 1.54) is 19.4 Å². The molecule has 1 N–H and O–H groups in total. The van der Waals surface area contributed by atoms with E-state index >= 15 is 0 Å². The Morgan fingerprint density at radius 1 is 1.05 bits per heavy atom. The van der Waals surface area contributed by atoms with Crippen LogP contribution in [0.5, 0.6) is 0 Å². The highest BCUT2D eigenvalue weighted by Crippen LogP contribution is 2.03. The van der Waals surface area contributed by atoms with Crippen LogP contribution in [0.4, 0.5) is 0 Å². The number of unbranched alkanes of at least 4 members (excludes halogenated alkanes) is 1. The van der Waals surface area contributed by atoms with Crippen LogP contribution in [0.15, 0.2) is 0 Å². The van der Waals surface area contributed by atoms with Crippen molar-refractivity contribution in [2.24, 2.45) is 0 Å². The summed E-state index contributed by atoms with van der Waals surface area (Å²) in [5, 5.41) is 0. The summed E-state index contributed by atoms with van der Waals surface area (Å²) in [6.45, 7) is 9.15. The molecule has 0 bridgehead atoms. The summed E-state index contributed by atoms with van der Waals surface area (Å²) >= 11 is 0. The Bertz CT molecular complexity index is 329. The first-order chi connectivity index (χ1) is 8.70. The second kappa shape index (κ2) is 8.89.